The molecular weight excluding hydrogens is 220 g/mol. The van der Waals surface area contributed by atoms with Gasteiger partial charge < -0.3 is 5.32 Å². The molecule has 0 aliphatic carbocycles. The van der Waals surface area contributed by atoms with Gasteiger partial charge in [0.05, 0.1) is 6.54 Å². The average molecular weight is 236 g/mol. The fourth-order valence-electron chi connectivity index (χ4n) is 1.56. The molecule has 16 heavy (non-hydrogen) atoms. The summed E-state index contributed by atoms with van der Waals surface area (Å²) in [6, 6.07) is 2.17. The van der Waals surface area contributed by atoms with Crippen molar-refractivity contribution in [2.45, 2.75) is 26.4 Å². The van der Waals surface area contributed by atoms with E-state index in [4.69, 9.17) is 0 Å². The van der Waals surface area contributed by atoms with Crippen LogP contribution in [0.3, 0.4) is 0 Å². The van der Waals surface area contributed by atoms with Crippen LogP contribution < -0.4 is 5.32 Å². The average Bonchev–Trinajstić information content (AvgIpc) is 2.95. The van der Waals surface area contributed by atoms with Crippen molar-refractivity contribution in [1.82, 2.24) is 20.1 Å². The van der Waals surface area contributed by atoms with Crippen LogP contribution >= 0.6 is 11.3 Å². The standard InChI is InChI=1S/C11H16N4S/c1-2-15-11(13-9-14-15)7-12-5-3-10-4-6-16-8-10/h4,6,8-9,12H,2-3,5,7H2,1H3. The number of thiophene rings is 1. The van der Waals surface area contributed by atoms with E-state index >= 15 is 0 Å². The molecule has 0 fully saturated rings. The molecule has 0 amide bonds. The number of nitrogens with zero attached hydrogens (tertiary/aromatic N) is 3. The van der Waals surface area contributed by atoms with Gasteiger partial charge in [0.1, 0.15) is 12.2 Å². The first-order chi connectivity index (χ1) is 7.90. The second-order valence-corrected chi connectivity index (χ2v) is 4.33. The molecule has 2 rings (SSSR count). The lowest BCUT2D eigenvalue weighted by Gasteiger charge is -2.04. The first-order valence-corrected chi connectivity index (χ1v) is 6.43. The molecule has 4 nitrogen and oxygen atoms in total. The van der Waals surface area contributed by atoms with Crippen LogP contribution in [-0.2, 0) is 19.5 Å². The summed E-state index contributed by atoms with van der Waals surface area (Å²) in [5, 5.41) is 11.8. The lowest BCUT2D eigenvalue weighted by Crippen LogP contribution is -2.19. The minimum absolute atomic E-state index is 0.790. The van der Waals surface area contributed by atoms with Gasteiger partial charge in [-0.2, -0.15) is 16.4 Å². The molecule has 2 aromatic rings. The first-order valence-electron chi connectivity index (χ1n) is 5.48. The highest BCUT2D eigenvalue weighted by Crippen LogP contribution is 2.05. The van der Waals surface area contributed by atoms with E-state index in [1.165, 1.54) is 5.56 Å². The van der Waals surface area contributed by atoms with E-state index in [0.29, 0.717) is 0 Å². The molecule has 2 aromatic heterocycles. The van der Waals surface area contributed by atoms with Crippen molar-refractivity contribution in [1.29, 1.82) is 0 Å². The van der Waals surface area contributed by atoms with Crippen molar-refractivity contribution < 1.29 is 0 Å². The zero-order valence-electron chi connectivity index (χ0n) is 9.39. The van der Waals surface area contributed by atoms with E-state index in [1.807, 2.05) is 4.68 Å². The van der Waals surface area contributed by atoms with Crippen LogP contribution in [-0.4, -0.2) is 21.3 Å². The molecule has 0 radical (unpaired) electrons. The largest absolute Gasteiger partial charge is 0.310 e. The quantitative estimate of drug-likeness (QED) is 0.776. The van der Waals surface area contributed by atoms with Crippen LogP contribution in [0.5, 0.6) is 0 Å². The molecule has 0 atom stereocenters. The van der Waals surface area contributed by atoms with Crippen molar-refractivity contribution in [3.8, 4) is 0 Å². The Kier molecular flexibility index (Phi) is 4.07. The maximum Gasteiger partial charge on any atom is 0.140 e. The van der Waals surface area contributed by atoms with Crippen LogP contribution in [0.4, 0.5) is 0 Å². The molecule has 2 heterocycles. The summed E-state index contributed by atoms with van der Waals surface area (Å²) in [5.74, 6) is 1.01. The van der Waals surface area contributed by atoms with Crippen LogP contribution in [0.1, 0.15) is 18.3 Å². The highest BCUT2D eigenvalue weighted by Gasteiger charge is 2.01. The van der Waals surface area contributed by atoms with Crippen molar-refractivity contribution >= 4 is 11.3 Å². The third-order valence-corrected chi connectivity index (χ3v) is 3.18. The van der Waals surface area contributed by atoms with Crippen LogP contribution in [0, 0.1) is 0 Å². The Morgan fingerprint density at radius 2 is 2.44 bits per heavy atom. The zero-order valence-corrected chi connectivity index (χ0v) is 10.2. The van der Waals surface area contributed by atoms with Gasteiger partial charge in [0, 0.05) is 6.54 Å². The summed E-state index contributed by atoms with van der Waals surface area (Å²) >= 11 is 1.75. The molecule has 0 saturated heterocycles. The Morgan fingerprint density at radius 1 is 1.50 bits per heavy atom. The molecule has 0 aliphatic rings. The molecule has 0 saturated carbocycles. The highest BCUT2D eigenvalue weighted by molar-refractivity contribution is 7.07. The minimum Gasteiger partial charge on any atom is -0.310 e. The van der Waals surface area contributed by atoms with Gasteiger partial charge in [0.15, 0.2) is 0 Å². The maximum absolute atomic E-state index is 4.21. The minimum atomic E-state index is 0.790. The number of hydrogen-bond donors (Lipinski definition) is 1. The lowest BCUT2D eigenvalue weighted by atomic mass is 10.2. The number of hydrogen-bond acceptors (Lipinski definition) is 4. The Labute approximate surface area is 99.3 Å². The number of aromatic nitrogens is 3. The predicted octanol–water partition coefficient (Wildman–Crippen LogP) is 1.69. The molecule has 0 spiro atoms. The van der Waals surface area contributed by atoms with Gasteiger partial charge in [-0.15, -0.1) is 0 Å². The summed E-state index contributed by atoms with van der Waals surface area (Å²) in [7, 11) is 0. The number of rotatable bonds is 6. The van der Waals surface area contributed by atoms with Gasteiger partial charge in [-0.25, -0.2) is 9.67 Å². The van der Waals surface area contributed by atoms with Gasteiger partial charge in [0.2, 0.25) is 0 Å². The molecule has 5 heteroatoms. The second-order valence-electron chi connectivity index (χ2n) is 3.55. The predicted molar refractivity (Wildman–Crippen MR) is 65.4 cm³/mol. The summed E-state index contributed by atoms with van der Waals surface area (Å²) < 4.78 is 1.91. The van der Waals surface area contributed by atoms with Gasteiger partial charge >= 0.3 is 0 Å². The van der Waals surface area contributed by atoms with Crippen molar-refractivity contribution in [3.05, 3.63) is 34.5 Å². The first kappa shape index (κ1) is 11.3. The van der Waals surface area contributed by atoms with Gasteiger partial charge in [-0.05, 0) is 42.3 Å². The SMILES string of the molecule is CCn1ncnc1CNCCc1ccsc1. The van der Waals surface area contributed by atoms with Crippen molar-refractivity contribution in [2.75, 3.05) is 6.54 Å². The van der Waals surface area contributed by atoms with Crippen LogP contribution in [0.2, 0.25) is 0 Å². The molecule has 1 N–H and O–H groups in total. The lowest BCUT2D eigenvalue weighted by molar-refractivity contribution is 0.573. The Morgan fingerprint density at radius 3 is 3.19 bits per heavy atom. The normalized spacial score (nSPS) is 10.8. The highest BCUT2D eigenvalue weighted by atomic mass is 32.1. The molecule has 86 valence electrons. The molecular formula is C11H16N4S. The Bertz CT molecular complexity index is 407. The van der Waals surface area contributed by atoms with E-state index in [-0.39, 0.29) is 0 Å². The van der Waals surface area contributed by atoms with E-state index in [2.05, 4.69) is 39.1 Å². The molecule has 0 bridgehead atoms. The van der Waals surface area contributed by atoms with E-state index in [9.17, 15) is 0 Å². The second kappa shape index (κ2) is 5.77. The maximum atomic E-state index is 4.21. The van der Waals surface area contributed by atoms with Gasteiger partial charge in [-0.1, -0.05) is 0 Å². The van der Waals surface area contributed by atoms with E-state index in [1.54, 1.807) is 17.7 Å². The van der Waals surface area contributed by atoms with Crippen molar-refractivity contribution in [2.24, 2.45) is 0 Å². The fourth-order valence-corrected chi connectivity index (χ4v) is 2.26. The summed E-state index contributed by atoms with van der Waals surface area (Å²) in [4.78, 5) is 4.21. The van der Waals surface area contributed by atoms with Crippen LogP contribution in [0.15, 0.2) is 23.2 Å². The third kappa shape index (κ3) is 2.90. The third-order valence-electron chi connectivity index (χ3n) is 2.45. The smallest absolute Gasteiger partial charge is 0.140 e. The van der Waals surface area contributed by atoms with E-state index in [0.717, 1.165) is 31.9 Å². The monoisotopic (exact) mass is 236 g/mol. The topological polar surface area (TPSA) is 42.7 Å². The van der Waals surface area contributed by atoms with Crippen molar-refractivity contribution in [3.63, 3.8) is 0 Å². The summed E-state index contributed by atoms with van der Waals surface area (Å²) in [5.41, 5.74) is 1.40. The zero-order chi connectivity index (χ0) is 11.2. The summed E-state index contributed by atoms with van der Waals surface area (Å²) in [6.07, 6.45) is 2.68. The summed E-state index contributed by atoms with van der Waals surface area (Å²) in [6.45, 7) is 4.72. The van der Waals surface area contributed by atoms with Crippen LogP contribution in [0.25, 0.3) is 0 Å². The molecule has 0 unspecified atom stereocenters. The molecule has 0 aliphatic heterocycles. The number of nitrogens with one attached hydrogen (secondary N) is 1. The van der Waals surface area contributed by atoms with Gasteiger partial charge in [-0.3, -0.25) is 0 Å². The number of aryl methyl sites for hydroxylation is 1. The fraction of sp³-hybridized carbons (Fsp3) is 0.455. The van der Waals surface area contributed by atoms with E-state index < -0.39 is 0 Å². The Balaban J connectivity index is 1.72. The molecule has 0 aromatic carbocycles. The Hall–Kier alpha value is -1.20. The van der Waals surface area contributed by atoms with Gasteiger partial charge in [0.25, 0.3) is 0 Å².